The Morgan fingerprint density at radius 3 is 2.59 bits per heavy atom. The van der Waals surface area contributed by atoms with Crippen LogP contribution in [0.1, 0.15) is 39.0 Å². The summed E-state index contributed by atoms with van der Waals surface area (Å²) in [6.07, 6.45) is 6.63. The average molecular weight is 253 g/mol. The van der Waals surface area contributed by atoms with Gasteiger partial charge in [0.25, 0.3) is 0 Å². The standard InChI is InChI=1S/C14H21ClN2/c1-2-17(12-6-4-3-5-7-12)14-9-8-11(16)10-13(14)15/h8-10,12H,2-7,16H2,1H3. The fourth-order valence-corrected chi connectivity index (χ4v) is 3.07. The van der Waals surface area contributed by atoms with Gasteiger partial charge in [-0.15, -0.1) is 0 Å². The molecule has 0 amide bonds. The predicted molar refractivity (Wildman–Crippen MR) is 75.8 cm³/mol. The first-order valence-corrected chi connectivity index (χ1v) is 6.92. The second kappa shape index (κ2) is 5.63. The van der Waals surface area contributed by atoms with E-state index in [0.717, 1.165) is 22.9 Å². The second-order valence-corrected chi connectivity index (χ2v) is 5.20. The highest BCUT2D eigenvalue weighted by molar-refractivity contribution is 6.33. The highest BCUT2D eigenvalue weighted by Crippen LogP contribution is 2.33. The Labute approximate surface area is 109 Å². The molecule has 0 saturated heterocycles. The van der Waals surface area contributed by atoms with Gasteiger partial charge in [0.15, 0.2) is 0 Å². The molecule has 2 rings (SSSR count). The van der Waals surface area contributed by atoms with Gasteiger partial charge in [-0.2, -0.15) is 0 Å². The zero-order chi connectivity index (χ0) is 12.3. The molecule has 0 heterocycles. The maximum Gasteiger partial charge on any atom is 0.0660 e. The minimum Gasteiger partial charge on any atom is -0.399 e. The van der Waals surface area contributed by atoms with Crippen LogP contribution in [0.5, 0.6) is 0 Å². The van der Waals surface area contributed by atoms with E-state index in [-0.39, 0.29) is 0 Å². The molecule has 17 heavy (non-hydrogen) atoms. The summed E-state index contributed by atoms with van der Waals surface area (Å²) in [5.41, 5.74) is 7.61. The van der Waals surface area contributed by atoms with Crippen molar-refractivity contribution in [2.24, 2.45) is 0 Å². The molecule has 1 aliphatic rings. The third kappa shape index (κ3) is 2.86. The smallest absolute Gasteiger partial charge is 0.0660 e. The highest BCUT2D eigenvalue weighted by Gasteiger charge is 2.21. The van der Waals surface area contributed by atoms with Gasteiger partial charge < -0.3 is 10.6 Å². The summed E-state index contributed by atoms with van der Waals surface area (Å²) in [5, 5.41) is 0.775. The zero-order valence-corrected chi connectivity index (χ0v) is 11.2. The first-order chi connectivity index (χ1) is 8.22. The van der Waals surface area contributed by atoms with Crippen molar-refractivity contribution >= 4 is 23.0 Å². The molecule has 0 aliphatic heterocycles. The third-order valence-electron chi connectivity index (χ3n) is 3.64. The number of halogens is 1. The molecule has 0 unspecified atom stereocenters. The largest absolute Gasteiger partial charge is 0.399 e. The van der Waals surface area contributed by atoms with E-state index < -0.39 is 0 Å². The quantitative estimate of drug-likeness (QED) is 0.822. The van der Waals surface area contributed by atoms with Gasteiger partial charge >= 0.3 is 0 Å². The molecule has 1 fully saturated rings. The Kier molecular flexibility index (Phi) is 4.16. The first kappa shape index (κ1) is 12.6. The molecule has 1 saturated carbocycles. The number of hydrogen-bond acceptors (Lipinski definition) is 2. The van der Waals surface area contributed by atoms with E-state index in [1.165, 1.54) is 32.1 Å². The van der Waals surface area contributed by atoms with Crippen molar-refractivity contribution in [3.63, 3.8) is 0 Å². The van der Waals surface area contributed by atoms with Gasteiger partial charge in [-0.1, -0.05) is 30.9 Å². The second-order valence-electron chi connectivity index (χ2n) is 4.79. The number of benzene rings is 1. The minimum absolute atomic E-state index is 0.648. The molecule has 2 nitrogen and oxygen atoms in total. The third-order valence-corrected chi connectivity index (χ3v) is 3.94. The number of nitrogens with two attached hydrogens (primary N) is 1. The molecule has 0 spiro atoms. The normalized spacial score (nSPS) is 17.1. The Hall–Kier alpha value is -0.890. The fraction of sp³-hybridized carbons (Fsp3) is 0.571. The topological polar surface area (TPSA) is 29.3 Å². The summed E-state index contributed by atoms with van der Waals surface area (Å²) < 4.78 is 0. The SMILES string of the molecule is CCN(c1ccc(N)cc1Cl)C1CCCCC1. The molecular weight excluding hydrogens is 232 g/mol. The van der Waals surface area contributed by atoms with Crippen molar-refractivity contribution in [1.29, 1.82) is 0 Å². The van der Waals surface area contributed by atoms with Crippen molar-refractivity contribution in [2.75, 3.05) is 17.2 Å². The molecule has 1 aliphatic carbocycles. The number of nitrogens with zero attached hydrogens (tertiary/aromatic N) is 1. The average Bonchev–Trinajstić information content (AvgIpc) is 2.34. The zero-order valence-electron chi connectivity index (χ0n) is 10.5. The fourth-order valence-electron chi connectivity index (χ4n) is 2.77. The summed E-state index contributed by atoms with van der Waals surface area (Å²) in [6.45, 7) is 3.20. The van der Waals surface area contributed by atoms with Crippen molar-refractivity contribution < 1.29 is 0 Å². The van der Waals surface area contributed by atoms with Gasteiger partial charge in [-0.25, -0.2) is 0 Å². The van der Waals surface area contributed by atoms with Crippen molar-refractivity contribution in [3.05, 3.63) is 23.2 Å². The van der Waals surface area contributed by atoms with Gasteiger partial charge in [0.05, 0.1) is 10.7 Å². The van der Waals surface area contributed by atoms with E-state index in [1.54, 1.807) is 0 Å². The maximum atomic E-state index is 6.30. The Morgan fingerprint density at radius 1 is 1.29 bits per heavy atom. The van der Waals surface area contributed by atoms with Crippen LogP contribution in [-0.2, 0) is 0 Å². The molecule has 94 valence electrons. The van der Waals surface area contributed by atoms with Gasteiger partial charge in [-0.05, 0) is 38.0 Å². The van der Waals surface area contributed by atoms with E-state index in [2.05, 4.69) is 17.9 Å². The van der Waals surface area contributed by atoms with Crippen molar-refractivity contribution in [2.45, 2.75) is 45.1 Å². The lowest BCUT2D eigenvalue weighted by atomic mass is 9.94. The number of rotatable bonds is 3. The van der Waals surface area contributed by atoms with Crippen LogP contribution < -0.4 is 10.6 Å². The van der Waals surface area contributed by atoms with Crippen LogP contribution in [-0.4, -0.2) is 12.6 Å². The molecule has 0 radical (unpaired) electrons. The van der Waals surface area contributed by atoms with Crippen molar-refractivity contribution in [1.82, 2.24) is 0 Å². The van der Waals surface area contributed by atoms with E-state index in [9.17, 15) is 0 Å². The van der Waals surface area contributed by atoms with Gasteiger partial charge in [-0.3, -0.25) is 0 Å². The summed E-state index contributed by atoms with van der Waals surface area (Å²) >= 11 is 6.30. The van der Waals surface area contributed by atoms with E-state index in [4.69, 9.17) is 17.3 Å². The van der Waals surface area contributed by atoms with E-state index in [0.29, 0.717) is 6.04 Å². The van der Waals surface area contributed by atoms with Crippen LogP contribution >= 0.6 is 11.6 Å². The Balaban J connectivity index is 2.21. The van der Waals surface area contributed by atoms with Gasteiger partial charge in [0.2, 0.25) is 0 Å². The molecule has 1 aromatic carbocycles. The summed E-state index contributed by atoms with van der Waals surface area (Å²) in [5.74, 6) is 0. The van der Waals surface area contributed by atoms with Crippen LogP contribution in [0.15, 0.2) is 18.2 Å². The Bertz CT molecular complexity index is 372. The molecule has 2 N–H and O–H groups in total. The summed E-state index contributed by atoms with van der Waals surface area (Å²) in [7, 11) is 0. The summed E-state index contributed by atoms with van der Waals surface area (Å²) in [4.78, 5) is 2.43. The van der Waals surface area contributed by atoms with Crippen molar-refractivity contribution in [3.8, 4) is 0 Å². The lowest BCUT2D eigenvalue weighted by Crippen LogP contribution is -2.36. The predicted octanol–water partition coefficient (Wildman–Crippen LogP) is 4.08. The van der Waals surface area contributed by atoms with E-state index in [1.807, 2.05) is 12.1 Å². The van der Waals surface area contributed by atoms with Crippen LogP contribution in [0.2, 0.25) is 5.02 Å². The molecule has 3 heteroatoms. The first-order valence-electron chi connectivity index (χ1n) is 6.54. The lowest BCUT2D eigenvalue weighted by Gasteiger charge is -2.36. The number of anilines is 2. The van der Waals surface area contributed by atoms with Gasteiger partial charge in [0.1, 0.15) is 0 Å². The molecular formula is C14H21ClN2. The molecule has 0 aromatic heterocycles. The molecule has 0 bridgehead atoms. The molecule has 1 aromatic rings. The lowest BCUT2D eigenvalue weighted by molar-refractivity contribution is 0.418. The minimum atomic E-state index is 0.648. The monoisotopic (exact) mass is 252 g/mol. The molecule has 0 atom stereocenters. The van der Waals surface area contributed by atoms with E-state index >= 15 is 0 Å². The number of nitrogen functional groups attached to an aromatic ring is 1. The Morgan fingerprint density at radius 2 is 2.00 bits per heavy atom. The van der Waals surface area contributed by atoms with Crippen LogP contribution in [0.3, 0.4) is 0 Å². The van der Waals surface area contributed by atoms with Crippen LogP contribution in [0.25, 0.3) is 0 Å². The maximum absolute atomic E-state index is 6.30. The van der Waals surface area contributed by atoms with Gasteiger partial charge in [0, 0.05) is 18.3 Å². The highest BCUT2D eigenvalue weighted by atomic mass is 35.5. The summed E-state index contributed by atoms with van der Waals surface area (Å²) in [6, 6.07) is 6.49. The van der Waals surface area contributed by atoms with Crippen LogP contribution in [0, 0.1) is 0 Å². The number of hydrogen-bond donors (Lipinski definition) is 1. The van der Waals surface area contributed by atoms with Crippen LogP contribution in [0.4, 0.5) is 11.4 Å².